The van der Waals surface area contributed by atoms with Gasteiger partial charge in [0.25, 0.3) is 0 Å². The lowest BCUT2D eigenvalue weighted by molar-refractivity contribution is 0.610. The number of benzene rings is 1. The highest BCUT2D eigenvalue weighted by Gasteiger charge is 2.03. The number of hydrogen-bond donors (Lipinski definition) is 0. The van der Waals surface area contributed by atoms with Crippen LogP contribution in [0.25, 0.3) is 0 Å². The van der Waals surface area contributed by atoms with E-state index in [-0.39, 0.29) is 0 Å². The highest BCUT2D eigenvalue weighted by Crippen LogP contribution is 2.28. The van der Waals surface area contributed by atoms with Crippen molar-refractivity contribution in [3.05, 3.63) is 30.7 Å². The van der Waals surface area contributed by atoms with Crippen molar-refractivity contribution in [1.29, 1.82) is 0 Å². The van der Waals surface area contributed by atoms with Crippen LogP contribution in [0.2, 0.25) is 0 Å². The Balaban J connectivity index is 3.31. The maximum absolute atomic E-state index is 10.6. The van der Waals surface area contributed by atoms with Crippen LogP contribution in [-0.4, -0.2) is 0 Å². The van der Waals surface area contributed by atoms with Crippen LogP contribution in [0.4, 0.5) is 0 Å². The molecule has 0 saturated carbocycles. The topological polar surface area (TPSA) is 34.1 Å². The predicted octanol–water partition coefficient (Wildman–Crippen LogP) is 3.58. The van der Waals surface area contributed by atoms with Gasteiger partial charge in [-0.3, -0.25) is 0 Å². The standard InChI is InChI=1S/C6H3Br2IO2/c7-4-1-2-6(9(10)11)5(8)3-4/h1-3H. The molecule has 0 aromatic heterocycles. The average Bonchev–Trinajstić information content (AvgIpc) is 1.85. The van der Waals surface area contributed by atoms with Gasteiger partial charge < -0.3 is 0 Å². The molecule has 0 aliphatic rings. The van der Waals surface area contributed by atoms with E-state index in [0.717, 1.165) is 4.47 Å². The predicted molar refractivity (Wildman–Crippen MR) is 55.9 cm³/mol. The minimum atomic E-state index is -3.31. The van der Waals surface area contributed by atoms with Crippen molar-refractivity contribution in [2.75, 3.05) is 0 Å². The van der Waals surface area contributed by atoms with Gasteiger partial charge in [0.2, 0.25) is 0 Å². The Morgan fingerprint density at radius 2 is 1.82 bits per heavy atom. The highest BCUT2D eigenvalue weighted by atomic mass is 127. The third kappa shape index (κ3) is 2.48. The lowest BCUT2D eigenvalue weighted by atomic mass is 10.4. The monoisotopic (exact) mass is 392 g/mol. The molecule has 0 aliphatic heterocycles. The van der Waals surface area contributed by atoms with Crippen molar-refractivity contribution < 1.29 is 6.14 Å². The Bertz CT molecular complexity index is 338. The molecule has 0 aliphatic carbocycles. The molecule has 0 saturated heterocycles. The zero-order valence-corrected chi connectivity index (χ0v) is 10.5. The molecule has 1 rings (SSSR count). The average molecular weight is 394 g/mol. The van der Waals surface area contributed by atoms with Crippen LogP contribution < -0.4 is 0 Å². The van der Waals surface area contributed by atoms with E-state index in [9.17, 15) is 6.14 Å². The minimum Gasteiger partial charge on any atom is -0.230 e. The molecule has 11 heavy (non-hydrogen) atoms. The summed E-state index contributed by atoms with van der Waals surface area (Å²) in [6.07, 6.45) is 0. The molecular weight excluding hydrogens is 391 g/mol. The summed E-state index contributed by atoms with van der Waals surface area (Å²) in [5, 5.41) is 0. The molecule has 0 amide bonds. The van der Waals surface area contributed by atoms with Crippen LogP contribution >= 0.6 is 51.7 Å². The Kier molecular flexibility index (Phi) is 3.45. The van der Waals surface area contributed by atoms with Crippen LogP contribution in [0, 0.1) is 3.57 Å². The number of rotatable bonds is 1. The maximum atomic E-state index is 10.6. The fourth-order valence-corrected chi connectivity index (χ4v) is 3.51. The zero-order chi connectivity index (χ0) is 8.43. The molecule has 0 fully saturated rings. The largest absolute Gasteiger partial charge is 0.341 e. The van der Waals surface area contributed by atoms with E-state index >= 15 is 0 Å². The molecule has 0 atom stereocenters. The van der Waals surface area contributed by atoms with Gasteiger partial charge >= 0.3 is 19.8 Å². The second kappa shape index (κ2) is 3.95. The van der Waals surface area contributed by atoms with E-state index in [2.05, 4.69) is 31.9 Å². The van der Waals surface area contributed by atoms with E-state index in [1.165, 1.54) is 0 Å². The summed E-state index contributed by atoms with van der Waals surface area (Å²) in [6.45, 7) is 0. The lowest BCUT2D eigenvalue weighted by Crippen LogP contribution is -1.74. The van der Waals surface area contributed by atoms with Crippen LogP contribution in [0.15, 0.2) is 27.1 Å². The van der Waals surface area contributed by atoms with Crippen LogP contribution in [-0.2, 0) is 6.14 Å². The van der Waals surface area contributed by atoms with E-state index in [1.807, 2.05) is 0 Å². The summed E-state index contributed by atoms with van der Waals surface area (Å²) in [5.74, 6) is 0. The second-order valence-electron chi connectivity index (χ2n) is 1.78. The third-order valence-corrected chi connectivity index (χ3v) is 4.83. The Morgan fingerprint density at radius 1 is 1.18 bits per heavy atom. The summed E-state index contributed by atoms with van der Waals surface area (Å²) in [4.78, 5) is 0. The highest BCUT2D eigenvalue weighted by molar-refractivity contribution is 14.2. The van der Waals surface area contributed by atoms with Gasteiger partial charge in [-0.15, -0.1) is 0 Å². The van der Waals surface area contributed by atoms with Gasteiger partial charge in [0, 0.05) is 8.95 Å². The normalized spacial score (nSPS) is 10.5. The van der Waals surface area contributed by atoms with Gasteiger partial charge in [-0.1, -0.05) is 15.9 Å². The van der Waals surface area contributed by atoms with Crippen molar-refractivity contribution >= 4 is 51.7 Å². The van der Waals surface area contributed by atoms with E-state index in [1.54, 1.807) is 18.2 Å². The van der Waals surface area contributed by atoms with Gasteiger partial charge in [0.05, 0.1) is 3.57 Å². The van der Waals surface area contributed by atoms with E-state index in [0.29, 0.717) is 8.04 Å². The molecule has 0 spiro atoms. The molecule has 5 heteroatoms. The summed E-state index contributed by atoms with van der Waals surface area (Å²) in [7, 11) is 0. The zero-order valence-electron chi connectivity index (χ0n) is 5.18. The van der Waals surface area contributed by atoms with Gasteiger partial charge in [0.1, 0.15) is 0 Å². The first kappa shape index (κ1) is 9.60. The van der Waals surface area contributed by atoms with E-state index in [4.69, 9.17) is 0 Å². The molecule has 1 aromatic rings. The van der Waals surface area contributed by atoms with Crippen LogP contribution in [0.1, 0.15) is 0 Å². The van der Waals surface area contributed by atoms with Crippen molar-refractivity contribution in [3.63, 3.8) is 0 Å². The molecule has 0 bridgehead atoms. The smallest absolute Gasteiger partial charge is 0.230 e. The minimum absolute atomic E-state index is 0.400. The fourth-order valence-electron chi connectivity index (χ4n) is 0.596. The van der Waals surface area contributed by atoms with E-state index < -0.39 is 19.8 Å². The van der Waals surface area contributed by atoms with Crippen LogP contribution in [0.3, 0.4) is 0 Å². The summed E-state index contributed by atoms with van der Waals surface area (Å²) in [5.41, 5.74) is 0. The summed E-state index contributed by atoms with van der Waals surface area (Å²) >= 11 is 3.07. The van der Waals surface area contributed by atoms with Crippen molar-refractivity contribution in [2.24, 2.45) is 0 Å². The summed E-state index contributed by atoms with van der Waals surface area (Å²) in [6, 6.07) is 5.01. The van der Waals surface area contributed by atoms with Gasteiger partial charge in [-0.2, -0.15) is 0 Å². The first-order chi connectivity index (χ1) is 5.11. The molecule has 0 radical (unpaired) electrons. The summed E-state index contributed by atoms with van der Waals surface area (Å²) < 4.78 is 23.1. The molecule has 60 valence electrons. The van der Waals surface area contributed by atoms with Crippen molar-refractivity contribution in [1.82, 2.24) is 0 Å². The fraction of sp³-hybridized carbons (Fsp3) is 0. The van der Waals surface area contributed by atoms with Crippen LogP contribution in [0.5, 0.6) is 0 Å². The van der Waals surface area contributed by atoms with Gasteiger partial charge in [-0.25, -0.2) is 6.14 Å². The number of halogens is 3. The Morgan fingerprint density at radius 3 is 2.27 bits per heavy atom. The first-order valence-electron chi connectivity index (χ1n) is 2.61. The molecule has 0 N–H and O–H groups in total. The molecule has 1 aromatic carbocycles. The Labute approximate surface area is 87.8 Å². The molecule has 0 heterocycles. The van der Waals surface area contributed by atoms with Gasteiger partial charge in [0.15, 0.2) is 0 Å². The second-order valence-corrected chi connectivity index (χ2v) is 5.95. The van der Waals surface area contributed by atoms with Crippen molar-refractivity contribution in [2.45, 2.75) is 0 Å². The van der Waals surface area contributed by atoms with Gasteiger partial charge in [-0.05, 0) is 34.1 Å². The SMILES string of the molecule is O=I(=O)c1ccc(Br)cc1Br. The molecule has 2 nitrogen and oxygen atoms in total. The van der Waals surface area contributed by atoms with Crippen molar-refractivity contribution in [3.8, 4) is 0 Å². The lowest BCUT2D eigenvalue weighted by Gasteiger charge is -1.93. The molecular formula is C6H3Br2IO2. The quantitative estimate of drug-likeness (QED) is 0.540. The molecule has 0 unspecified atom stereocenters. The number of hydrogen-bond acceptors (Lipinski definition) is 2. The first-order valence-corrected chi connectivity index (χ1v) is 7.04. The Hall–Kier alpha value is 0.510. The third-order valence-electron chi connectivity index (χ3n) is 1.05. The maximum Gasteiger partial charge on any atom is 0.341 e.